The van der Waals surface area contributed by atoms with Gasteiger partial charge in [-0.1, -0.05) is 51.1 Å². The van der Waals surface area contributed by atoms with E-state index in [2.05, 4.69) is 31.4 Å². The predicted octanol–water partition coefficient (Wildman–Crippen LogP) is 3.98. The molecule has 0 aromatic heterocycles. The van der Waals surface area contributed by atoms with Crippen LogP contribution < -0.4 is 10.6 Å². The number of amides is 3. The van der Waals surface area contributed by atoms with Crippen LogP contribution in [-0.2, 0) is 15.0 Å². The van der Waals surface area contributed by atoms with Crippen molar-refractivity contribution < 1.29 is 14.4 Å². The molecule has 0 radical (unpaired) electrons. The fourth-order valence-electron chi connectivity index (χ4n) is 3.82. The molecule has 0 saturated carbocycles. The molecule has 2 aromatic carbocycles. The molecule has 1 heterocycles. The van der Waals surface area contributed by atoms with Crippen LogP contribution in [0.2, 0.25) is 0 Å². The van der Waals surface area contributed by atoms with E-state index in [1.165, 1.54) is 5.56 Å². The maximum absolute atomic E-state index is 12.5. The summed E-state index contributed by atoms with van der Waals surface area (Å²) < 4.78 is 0. The van der Waals surface area contributed by atoms with Crippen molar-refractivity contribution in [2.24, 2.45) is 5.92 Å². The van der Waals surface area contributed by atoms with E-state index in [1.807, 2.05) is 54.6 Å². The summed E-state index contributed by atoms with van der Waals surface area (Å²) in [6.45, 7) is 7.82. The van der Waals surface area contributed by atoms with Gasteiger partial charge in [-0.25, -0.2) is 0 Å². The second kappa shape index (κ2) is 10.4. The van der Waals surface area contributed by atoms with Crippen molar-refractivity contribution in [2.75, 3.05) is 25.0 Å². The van der Waals surface area contributed by atoms with Gasteiger partial charge in [0.15, 0.2) is 0 Å². The van der Waals surface area contributed by atoms with Crippen LogP contribution in [-0.4, -0.2) is 42.3 Å². The van der Waals surface area contributed by atoms with Crippen LogP contribution in [0, 0.1) is 5.92 Å². The van der Waals surface area contributed by atoms with Crippen LogP contribution in [0.4, 0.5) is 5.69 Å². The van der Waals surface area contributed by atoms with E-state index >= 15 is 0 Å². The molecule has 1 aliphatic rings. The van der Waals surface area contributed by atoms with E-state index in [4.69, 9.17) is 0 Å². The molecule has 2 N–H and O–H groups in total. The Kier molecular flexibility index (Phi) is 7.67. The molecule has 32 heavy (non-hydrogen) atoms. The number of piperidine rings is 1. The molecule has 3 rings (SSSR count). The first kappa shape index (κ1) is 23.5. The van der Waals surface area contributed by atoms with E-state index in [-0.39, 0.29) is 35.5 Å². The number of hydrogen-bond donors (Lipinski definition) is 2. The highest BCUT2D eigenvalue weighted by molar-refractivity contribution is 5.94. The minimum Gasteiger partial charge on any atom is -0.352 e. The maximum atomic E-state index is 12.5. The number of nitrogens with zero attached hydrogens (tertiary/aromatic N) is 1. The van der Waals surface area contributed by atoms with Crippen LogP contribution in [0.1, 0.15) is 56.0 Å². The molecule has 0 bridgehead atoms. The summed E-state index contributed by atoms with van der Waals surface area (Å²) in [6.07, 6.45) is 1.56. The Morgan fingerprint density at radius 2 is 1.56 bits per heavy atom. The summed E-state index contributed by atoms with van der Waals surface area (Å²) in [7, 11) is 0. The average molecular weight is 436 g/mol. The third-order valence-electron chi connectivity index (χ3n) is 5.90. The fourth-order valence-corrected chi connectivity index (χ4v) is 3.82. The number of carbonyl (C=O) groups is 3. The fraction of sp³-hybridized carbons (Fsp3) is 0.423. The van der Waals surface area contributed by atoms with Crippen molar-refractivity contribution in [3.8, 4) is 0 Å². The minimum absolute atomic E-state index is 0.00745. The third-order valence-corrected chi connectivity index (χ3v) is 5.90. The molecular formula is C26H33N3O3. The second-order valence-corrected chi connectivity index (χ2v) is 9.34. The molecule has 0 atom stereocenters. The summed E-state index contributed by atoms with van der Waals surface area (Å²) in [4.78, 5) is 39.1. The number of anilines is 1. The zero-order chi connectivity index (χ0) is 23.1. The van der Waals surface area contributed by atoms with Crippen LogP contribution in [0.5, 0.6) is 0 Å². The molecule has 3 amide bonds. The topological polar surface area (TPSA) is 78.5 Å². The van der Waals surface area contributed by atoms with Gasteiger partial charge in [0.1, 0.15) is 0 Å². The molecule has 0 spiro atoms. The summed E-state index contributed by atoms with van der Waals surface area (Å²) in [6, 6.07) is 17.0. The Morgan fingerprint density at radius 3 is 2.16 bits per heavy atom. The molecule has 0 aliphatic carbocycles. The highest BCUT2D eigenvalue weighted by Crippen LogP contribution is 2.22. The third kappa shape index (κ3) is 6.42. The Balaban J connectivity index is 1.38. The molecular weight excluding hydrogens is 402 g/mol. The lowest BCUT2D eigenvalue weighted by Crippen LogP contribution is -2.42. The van der Waals surface area contributed by atoms with Gasteiger partial charge in [-0.2, -0.15) is 0 Å². The summed E-state index contributed by atoms with van der Waals surface area (Å²) in [5.74, 6) is -0.243. The quantitative estimate of drug-likeness (QED) is 0.720. The first-order chi connectivity index (χ1) is 15.2. The number of nitrogens with one attached hydrogen (secondary N) is 2. The molecule has 1 saturated heterocycles. The minimum atomic E-state index is -0.172. The summed E-state index contributed by atoms with van der Waals surface area (Å²) in [5, 5.41) is 5.77. The first-order valence-electron chi connectivity index (χ1n) is 11.3. The van der Waals surface area contributed by atoms with Gasteiger partial charge in [0.2, 0.25) is 11.8 Å². The van der Waals surface area contributed by atoms with Gasteiger partial charge >= 0.3 is 0 Å². The molecule has 0 unspecified atom stereocenters. The summed E-state index contributed by atoms with van der Waals surface area (Å²) >= 11 is 0. The number of carbonyl (C=O) groups excluding carboxylic acids is 3. The van der Waals surface area contributed by atoms with Gasteiger partial charge in [0, 0.05) is 43.2 Å². The SMILES string of the molecule is CC(C)(C)c1ccc(C(=O)NCCC(=O)N2CCC(C(=O)Nc3ccccc3)CC2)cc1. The Morgan fingerprint density at radius 1 is 0.938 bits per heavy atom. The Hall–Kier alpha value is -3.15. The van der Waals surface area contributed by atoms with Crippen molar-refractivity contribution in [1.82, 2.24) is 10.2 Å². The largest absolute Gasteiger partial charge is 0.352 e. The lowest BCUT2D eigenvalue weighted by molar-refractivity contribution is -0.134. The van der Waals surface area contributed by atoms with Gasteiger partial charge in [-0.3, -0.25) is 14.4 Å². The zero-order valence-corrected chi connectivity index (χ0v) is 19.2. The zero-order valence-electron chi connectivity index (χ0n) is 19.2. The maximum Gasteiger partial charge on any atom is 0.251 e. The molecule has 6 nitrogen and oxygen atoms in total. The number of hydrogen-bond acceptors (Lipinski definition) is 3. The highest BCUT2D eigenvalue weighted by Gasteiger charge is 2.27. The number of benzene rings is 2. The molecule has 6 heteroatoms. The standard InChI is InChI=1S/C26H33N3O3/c1-26(2,3)21-11-9-19(10-12-21)24(31)27-16-13-23(30)29-17-14-20(15-18-29)25(32)28-22-7-5-4-6-8-22/h4-12,20H,13-18H2,1-3H3,(H,27,31)(H,28,32). The van der Waals surface area contributed by atoms with Crippen molar-refractivity contribution >= 4 is 23.4 Å². The van der Waals surface area contributed by atoms with Gasteiger partial charge in [0.05, 0.1) is 0 Å². The lowest BCUT2D eigenvalue weighted by atomic mass is 9.87. The van der Waals surface area contributed by atoms with Crippen LogP contribution in [0.3, 0.4) is 0 Å². The van der Waals surface area contributed by atoms with Gasteiger partial charge in [-0.05, 0) is 48.1 Å². The molecule has 1 aliphatic heterocycles. The Labute approximate surface area is 190 Å². The number of para-hydroxylation sites is 1. The highest BCUT2D eigenvalue weighted by atomic mass is 16.2. The molecule has 170 valence electrons. The number of rotatable bonds is 6. The lowest BCUT2D eigenvalue weighted by Gasteiger charge is -2.31. The smallest absolute Gasteiger partial charge is 0.251 e. The normalized spacial score (nSPS) is 14.7. The van der Waals surface area contributed by atoms with E-state index < -0.39 is 0 Å². The molecule has 2 aromatic rings. The number of likely N-dealkylation sites (tertiary alicyclic amines) is 1. The monoisotopic (exact) mass is 435 g/mol. The first-order valence-corrected chi connectivity index (χ1v) is 11.3. The van der Waals surface area contributed by atoms with Crippen LogP contribution in [0.15, 0.2) is 54.6 Å². The van der Waals surface area contributed by atoms with Gasteiger partial charge in [-0.15, -0.1) is 0 Å². The van der Waals surface area contributed by atoms with Crippen molar-refractivity contribution in [3.05, 3.63) is 65.7 Å². The average Bonchev–Trinajstić information content (AvgIpc) is 2.79. The van der Waals surface area contributed by atoms with Gasteiger partial charge in [0.25, 0.3) is 5.91 Å². The van der Waals surface area contributed by atoms with Crippen molar-refractivity contribution in [1.29, 1.82) is 0 Å². The molecule has 1 fully saturated rings. The van der Waals surface area contributed by atoms with E-state index in [0.29, 0.717) is 38.0 Å². The van der Waals surface area contributed by atoms with E-state index in [0.717, 1.165) is 5.69 Å². The van der Waals surface area contributed by atoms with Crippen molar-refractivity contribution in [2.45, 2.75) is 45.4 Å². The van der Waals surface area contributed by atoms with Gasteiger partial charge < -0.3 is 15.5 Å². The predicted molar refractivity (Wildman–Crippen MR) is 126 cm³/mol. The van der Waals surface area contributed by atoms with Crippen LogP contribution in [0.25, 0.3) is 0 Å². The van der Waals surface area contributed by atoms with E-state index in [9.17, 15) is 14.4 Å². The second-order valence-electron chi connectivity index (χ2n) is 9.34. The summed E-state index contributed by atoms with van der Waals surface area (Å²) in [5.41, 5.74) is 2.59. The van der Waals surface area contributed by atoms with Crippen molar-refractivity contribution in [3.63, 3.8) is 0 Å². The Bertz CT molecular complexity index is 925. The van der Waals surface area contributed by atoms with E-state index in [1.54, 1.807) is 4.90 Å². The van der Waals surface area contributed by atoms with Crippen LogP contribution >= 0.6 is 0 Å².